The molecular weight excluding hydrogens is 358 g/mol. The normalized spacial score (nSPS) is 13.8. The molecule has 1 aliphatic carbocycles. The van der Waals surface area contributed by atoms with Gasteiger partial charge in [0.1, 0.15) is 6.54 Å². The summed E-state index contributed by atoms with van der Waals surface area (Å²) in [5.41, 5.74) is 0.0265. The van der Waals surface area contributed by atoms with Crippen LogP contribution in [-0.2, 0) is 14.8 Å². The molecule has 9 heteroatoms. The van der Waals surface area contributed by atoms with E-state index < -0.39 is 27.4 Å². The number of anilines is 1. The number of nitro benzene ring substituents is 1. The van der Waals surface area contributed by atoms with Crippen LogP contribution in [-0.4, -0.2) is 31.8 Å². The van der Waals surface area contributed by atoms with Crippen LogP contribution in [0.3, 0.4) is 0 Å². The van der Waals surface area contributed by atoms with Crippen LogP contribution in [0.1, 0.15) is 12.8 Å². The lowest BCUT2D eigenvalue weighted by Crippen LogP contribution is -2.41. The number of hydrogen-bond acceptors (Lipinski definition) is 5. The quantitative estimate of drug-likeness (QED) is 0.588. The van der Waals surface area contributed by atoms with E-state index in [0.717, 1.165) is 17.1 Å². The molecule has 0 radical (unpaired) electrons. The van der Waals surface area contributed by atoms with Gasteiger partial charge in [0.25, 0.3) is 15.7 Å². The standard InChI is InChI=1S/C17H17N3O5S/c21-17(18-13-6-7-13)12-19(14-8-10-15(11-9-14)20(22)23)26(24,25)16-4-2-1-3-5-16/h1-5,8-11,13H,6-7,12H2,(H,18,21). The summed E-state index contributed by atoms with van der Waals surface area (Å²) in [7, 11) is -4.00. The molecule has 1 fully saturated rings. The number of amides is 1. The minimum atomic E-state index is -4.00. The van der Waals surface area contributed by atoms with Crippen molar-refractivity contribution in [1.82, 2.24) is 5.32 Å². The highest BCUT2D eigenvalue weighted by atomic mass is 32.2. The predicted molar refractivity (Wildman–Crippen MR) is 95.2 cm³/mol. The lowest BCUT2D eigenvalue weighted by Gasteiger charge is -2.24. The molecule has 0 spiro atoms. The zero-order valence-corrected chi connectivity index (χ0v) is 14.6. The Bertz CT molecular complexity index is 909. The van der Waals surface area contributed by atoms with Gasteiger partial charge in [-0.1, -0.05) is 18.2 Å². The summed E-state index contributed by atoms with van der Waals surface area (Å²) in [6.07, 6.45) is 1.77. The molecule has 2 aromatic carbocycles. The molecule has 136 valence electrons. The maximum Gasteiger partial charge on any atom is 0.269 e. The minimum Gasteiger partial charge on any atom is -0.352 e. The van der Waals surface area contributed by atoms with Crippen LogP contribution in [0.4, 0.5) is 11.4 Å². The monoisotopic (exact) mass is 375 g/mol. The molecule has 8 nitrogen and oxygen atoms in total. The largest absolute Gasteiger partial charge is 0.352 e. The van der Waals surface area contributed by atoms with Gasteiger partial charge in [-0.3, -0.25) is 19.2 Å². The number of sulfonamides is 1. The fourth-order valence-corrected chi connectivity index (χ4v) is 3.85. The molecule has 0 saturated heterocycles. The Morgan fingerprint density at radius 3 is 2.27 bits per heavy atom. The second-order valence-corrected chi connectivity index (χ2v) is 7.80. The summed E-state index contributed by atoms with van der Waals surface area (Å²) >= 11 is 0. The van der Waals surface area contributed by atoms with Crippen LogP contribution < -0.4 is 9.62 Å². The number of benzene rings is 2. The SMILES string of the molecule is O=C(CN(c1ccc([N+](=O)[O-])cc1)S(=O)(=O)c1ccccc1)NC1CC1. The van der Waals surface area contributed by atoms with Crippen molar-refractivity contribution < 1.29 is 18.1 Å². The van der Waals surface area contributed by atoms with Gasteiger partial charge in [-0.05, 0) is 37.1 Å². The first-order valence-corrected chi connectivity index (χ1v) is 9.43. The number of carbonyl (C=O) groups excluding carboxylic acids is 1. The van der Waals surface area contributed by atoms with Gasteiger partial charge in [-0.15, -0.1) is 0 Å². The van der Waals surface area contributed by atoms with Crippen molar-refractivity contribution in [2.45, 2.75) is 23.8 Å². The van der Waals surface area contributed by atoms with Gasteiger partial charge >= 0.3 is 0 Å². The Morgan fingerprint density at radius 2 is 1.73 bits per heavy atom. The summed E-state index contributed by atoms with van der Waals surface area (Å²) in [6, 6.07) is 12.9. The third-order valence-corrected chi connectivity index (χ3v) is 5.70. The Labute approximate surface area is 150 Å². The second kappa shape index (κ2) is 7.12. The Kier molecular flexibility index (Phi) is 4.90. The number of rotatable bonds is 7. The number of non-ortho nitro benzene ring substituents is 1. The van der Waals surface area contributed by atoms with Gasteiger partial charge in [0.15, 0.2) is 0 Å². The maximum absolute atomic E-state index is 13.0. The van der Waals surface area contributed by atoms with E-state index in [2.05, 4.69) is 5.32 Å². The van der Waals surface area contributed by atoms with Crippen molar-refractivity contribution in [1.29, 1.82) is 0 Å². The van der Waals surface area contributed by atoms with Crippen molar-refractivity contribution >= 4 is 27.3 Å². The molecular formula is C17H17N3O5S. The van der Waals surface area contributed by atoms with Crippen LogP contribution >= 0.6 is 0 Å². The van der Waals surface area contributed by atoms with E-state index in [4.69, 9.17) is 0 Å². The molecule has 1 saturated carbocycles. The number of nitrogens with zero attached hydrogens (tertiary/aromatic N) is 2. The van der Waals surface area contributed by atoms with Gasteiger partial charge in [-0.2, -0.15) is 0 Å². The molecule has 26 heavy (non-hydrogen) atoms. The van der Waals surface area contributed by atoms with Crippen molar-refractivity contribution in [2.75, 3.05) is 10.8 Å². The molecule has 3 rings (SSSR count). The highest BCUT2D eigenvalue weighted by Crippen LogP contribution is 2.26. The molecule has 0 unspecified atom stereocenters. The van der Waals surface area contributed by atoms with Crippen LogP contribution in [0.25, 0.3) is 0 Å². The molecule has 2 aromatic rings. The Morgan fingerprint density at radius 1 is 1.12 bits per heavy atom. The van der Waals surface area contributed by atoms with Crippen molar-refractivity contribution in [3.8, 4) is 0 Å². The number of hydrogen-bond donors (Lipinski definition) is 1. The smallest absolute Gasteiger partial charge is 0.269 e. The van der Waals surface area contributed by atoms with E-state index in [9.17, 15) is 23.3 Å². The van der Waals surface area contributed by atoms with Crippen molar-refractivity contribution in [3.63, 3.8) is 0 Å². The zero-order chi connectivity index (χ0) is 18.7. The van der Waals surface area contributed by atoms with Crippen LogP contribution in [0, 0.1) is 10.1 Å². The average Bonchev–Trinajstić information content (AvgIpc) is 3.44. The van der Waals surface area contributed by atoms with E-state index in [0.29, 0.717) is 0 Å². The zero-order valence-electron chi connectivity index (χ0n) is 13.7. The summed E-state index contributed by atoms with van der Waals surface area (Å²) in [5, 5.41) is 13.6. The number of nitro groups is 1. The number of nitrogens with one attached hydrogen (secondary N) is 1. The van der Waals surface area contributed by atoms with Crippen LogP contribution in [0.15, 0.2) is 59.5 Å². The fraction of sp³-hybridized carbons (Fsp3) is 0.235. The van der Waals surface area contributed by atoms with Gasteiger partial charge in [0.2, 0.25) is 5.91 Å². The van der Waals surface area contributed by atoms with E-state index in [1.165, 1.54) is 36.4 Å². The van der Waals surface area contributed by atoms with Crippen LogP contribution in [0.5, 0.6) is 0 Å². The topological polar surface area (TPSA) is 110 Å². The van der Waals surface area contributed by atoms with E-state index in [1.807, 2.05) is 0 Å². The summed E-state index contributed by atoms with van der Waals surface area (Å²) in [6.45, 7) is -0.397. The van der Waals surface area contributed by atoms with Crippen molar-refractivity contribution in [3.05, 3.63) is 64.7 Å². The fourth-order valence-electron chi connectivity index (χ4n) is 2.41. The van der Waals surface area contributed by atoms with Gasteiger partial charge in [0, 0.05) is 18.2 Å². The molecule has 1 aliphatic rings. The molecule has 0 atom stereocenters. The highest BCUT2D eigenvalue weighted by Gasteiger charge is 2.30. The summed E-state index contributed by atoms with van der Waals surface area (Å²) in [5.74, 6) is -0.412. The lowest BCUT2D eigenvalue weighted by molar-refractivity contribution is -0.384. The third kappa shape index (κ3) is 3.99. The first-order valence-electron chi connectivity index (χ1n) is 7.99. The molecule has 0 heterocycles. The molecule has 1 N–H and O–H groups in total. The minimum absolute atomic E-state index is 0.0394. The second-order valence-electron chi connectivity index (χ2n) is 5.94. The first-order chi connectivity index (χ1) is 12.4. The van der Waals surface area contributed by atoms with Gasteiger partial charge < -0.3 is 5.32 Å². The summed E-state index contributed by atoms with van der Waals surface area (Å²) in [4.78, 5) is 22.5. The highest BCUT2D eigenvalue weighted by molar-refractivity contribution is 7.92. The number of carbonyl (C=O) groups is 1. The van der Waals surface area contributed by atoms with E-state index in [-0.39, 0.29) is 22.3 Å². The summed E-state index contributed by atoms with van der Waals surface area (Å²) < 4.78 is 27.0. The predicted octanol–water partition coefficient (Wildman–Crippen LogP) is 2.07. The molecule has 1 amide bonds. The Balaban J connectivity index is 1.95. The van der Waals surface area contributed by atoms with Gasteiger partial charge in [0.05, 0.1) is 15.5 Å². The van der Waals surface area contributed by atoms with E-state index >= 15 is 0 Å². The van der Waals surface area contributed by atoms with Crippen LogP contribution in [0.2, 0.25) is 0 Å². The molecule has 0 aliphatic heterocycles. The molecule has 0 bridgehead atoms. The van der Waals surface area contributed by atoms with Gasteiger partial charge in [-0.25, -0.2) is 8.42 Å². The first kappa shape index (κ1) is 17.9. The average molecular weight is 375 g/mol. The maximum atomic E-state index is 13.0. The Hall–Kier alpha value is -2.94. The third-order valence-electron chi connectivity index (χ3n) is 3.91. The lowest BCUT2D eigenvalue weighted by atomic mass is 10.3. The molecule has 0 aromatic heterocycles. The van der Waals surface area contributed by atoms with Crippen molar-refractivity contribution in [2.24, 2.45) is 0 Å². The van der Waals surface area contributed by atoms with E-state index in [1.54, 1.807) is 18.2 Å².